The third kappa shape index (κ3) is 5.20. The summed E-state index contributed by atoms with van der Waals surface area (Å²) in [5.41, 5.74) is 6.30. The third-order valence-electron chi connectivity index (χ3n) is 4.85. The molecule has 0 aromatic heterocycles. The van der Waals surface area contributed by atoms with Gasteiger partial charge >= 0.3 is 0 Å². The minimum atomic E-state index is -0.387. The van der Waals surface area contributed by atoms with Crippen molar-refractivity contribution >= 4 is 25.3 Å². The number of amidine groups is 1. The molecular weight excluding hydrogens is 347 g/mol. The summed E-state index contributed by atoms with van der Waals surface area (Å²) < 4.78 is 2.55. The first kappa shape index (κ1) is 21.6. The molecule has 0 spiro atoms. The first-order valence-corrected chi connectivity index (χ1v) is 11.6. The number of benzene rings is 2. The van der Waals surface area contributed by atoms with Crippen molar-refractivity contribution in [2.24, 2.45) is 4.99 Å². The molecule has 0 bridgehead atoms. The van der Waals surface area contributed by atoms with Gasteiger partial charge in [-0.1, -0.05) is 77.9 Å². The lowest BCUT2D eigenvalue weighted by Crippen LogP contribution is -2.30. The summed E-state index contributed by atoms with van der Waals surface area (Å²) in [5, 5.41) is 0. The van der Waals surface area contributed by atoms with Crippen LogP contribution in [0.4, 0.5) is 11.4 Å². The average molecular weight is 383 g/mol. The fraction of sp³-hybridized carbons (Fsp3) is 0.458. The van der Waals surface area contributed by atoms with Gasteiger partial charge in [0.05, 0.1) is 5.69 Å². The number of nitrogens with zero attached hydrogens (tertiary/aromatic N) is 2. The molecule has 3 heteroatoms. The molecule has 0 aliphatic rings. The van der Waals surface area contributed by atoms with Gasteiger partial charge in [0.1, 0.15) is 5.84 Å². The zero-order valence-electron chi connectivity index (χ0n) is 18.0. The van der Waals surface area contributed by atoms with Crippen LogP contribution in [0.1, 0.15) is 59.6 Å². The van der Waals surface area contributed by atoms with Crippen LogP contribution < -0.4 is 4.67 Å². The molecule has 0 aliphatic carbocycles. The Morgan fingerprint density at radius 2 is 1.37 bits per heavy atom. The van der Waals surface area contributed by atoms with E-state index < -0.39 is 0 Å². The Kier molecular flexibility index (Phi) is 8.05. The van der Waals surface area contributed by atoms with Crippen LogP contribution in [0.15, 0.2) is 53.5 Å². The van der Waals surface area contributed by atoms with Crippen molar-refractivity contribution in [1.29, 1.82) is 0 Å². The molecule has 146 valence electrons. The number of anilines is 1. The quantitative estimate of drug-likeness (QED) is 0.274. The Morgan fingerprint density at radius 1 is 0.852 bits per heavy atom. The number of rotatable bonds is 7. The zero-order valence-corrected chi connectivity index (χ0v) is 18.9. The number of para-hydroxylation sites is 2. The lowest BCUT2D eigenvalue weighted by molar-refractivity contribution is 0.997. The largest absolute Gasteiger partial charge is 0.308 e. The van der Waals surface area contributed by atoms with E-state index in [1.54, 1.807) is 0 Å². The normalized spacial score (nSPS) is 12.3. The third-order valence-corrected chi connectivity index (χ3v) is 7.93. The van der Waals surface area contributed by atoms with E-state index in [-0.39, 0.29) is 8.07 Å². The van der Waals surface area contributed by atoms with Crippen molar-refractivity contribution in [3.63, 3.8) is 0 Å². The fourth-order valence-corrected chi connectivity index (χ4v) is 6.62. The number of hydrogen-bond donors (Lipinski definition) is 0. The molecule has 0 unspecified atom stereocenters. The van der Waals surface area contributed by atoms with Gasteiger partial charge in [-0.25, -0.2) is 4.99 Å². The monoisotopic (exact) mass is 382 g/mol. The average Bonchev–Trinajstić information content (AvgIpc) is 2.65. The SMILES string of the molecule is CCc1ccccc1N=C(C)N(c1ccccc1CC)P(C(C)C)C(C)C. The van der Waals surface area contributed by atoms with E-state index in [0.717, 1.165) is 24.4 Å². The molecule has 2 nitrogen and oxygen atoms in total. The molecule has 2 rings (SSSR count). The van der Waals surface area contributed by atoms with Gasteiger partial charge in [0.2, 0.25) is 0 Å². The van der Waals surface area contributed by atoms with Gasteiger partial charge < -0.3 is 4.67 Å². The highest BCUT2D eigenvalue weighted by Gasteiger charge is 2.28. The number of aliphatic imine (C=N–C) groups is 1. The number of aryl methyl sites for hydroxylation is 2. The molecule has 27 heavy (non-hydrogen) atoms. The Bertz CT molecular complexity index is 756. The van der Waals surface area contributed by atoms with Crippen LogP contribution in [0.5, 0.6) is 0 Å². The molecule has 0 heterocycles. The first-order chi connectivity index (χ1) is 12.9. The van der Waals surface area contributed by atoms with Crippen molar-refractivity contribution in [3.05, 3.63) is 59.7 Å². The highest BCUT2D eigenvalue weighted by Crippen LogP contribution is 2.53. The summed E-state index contributed by atoms with van der Waals surface area (Å²) in [5.74, 6) is 1.10. The van der Waals surface area contributed by atoms with Gasteiger partial charge in [-0.3, -0.25) is 0 Å². The fourth-order valence-electron chi connectivity index (χ4n) is 3.68. The van der Waals surface area contributed by atoms with Gasteiger partial charge in [0.25, 0.3) is 0 Å². The molecule has 2 aromatic carbocycles. The maximum absolute atomic E-state index is 5.13. The second-order valence-corrected chi connectivity index (χ2v) is 10.7. The van der Waals surface area contributed by atoms with Gasteiger partial charge in [0, 0.05) is 13.8 Å². The molecule has 0 saturated carbocycles. The van der Waals surface area contributed by atoms with E-state index in [2.05, 4.69) is 102 Å². The molecule has 0 aliphatic heterocycles. The summed E-state index contributed by atoms with van der Waals surface area (Å²) in [7, 11) is -0.387. The van der Waals surface area contributed by atoms with Crippen LogP contribution in [0.25, 0.3) is 0 Å². The van der Waals surface area contributed by atoms with E-state index in [0.29, 0.717) is 11.3 Å². The van der Waals surface area contributed by atoms with Crippen molar-refractivity contribution in [1.82, 2.24) is 0 Å². The van der Waals surface area contributed by atoms with Gasteiger partial charge in [-0.05, 0) is 54.3 Å². The van der Waals surface area contributed by atoms with Crippen LogP contribution in [-0.2, 0) is 12.8 Å². The van der Waals surface area contributed by atoms with Crippen LogP contribution in [0.3, 0.4) is 0 Å². The maximum Gasteiger partial charge on any atom is 0.109 e. The molecule has 0 N–H and O–H groups in total. The maximum atomic E-state index is 5.13. The van der Waals surface area contributed by atoms with Crippen LogP contribution >= 0.6 is 8.07 Å². The predicted octanol–water partition coefficient (Wildman–Crippen LogP) is 7.58. The van der Waals surface area contributed by atoms with E-state index in [9.17, 15) is 0 Å². The van der Waals surface area contributed by atoms with Crippen molar-refractivity contribution in [2.45, 2.75) is 72.6 Å². The molecule has 0 fully saturated rings. The second-order valence-electron chi connectivity index (χ2n) is 7.50. The minimum absolute atomic E-state index is 0.387. The smallest absolute Gasteiger partial charge is 0.109 e. The van der Waals surface area contributed by atoms with Crippen molar-refractivity contribution in [2.75, 3.05) is 4.67 Å². The Hall–Kier alpha value is -1.66. The van der Waals surface area contributed by atoms with Gasteiger partial charge in [-0.2, -0.15) is 0 Å². The Balaban J connectivity index is 2.63. The summed E-state index contributed by atoms with van der Waals surface area (Å²) in [6.45, 7) is 16.0. The lowest BCUT2D eigenvalue weighted by Gasteiger charge is -2.39. The van der Waals surface area contributed by atoms with Crippen LogP contribution in [-0.4, -0.2) is 17.2 Å². The zero-order chi connectivity index (χ0) is 20.0. The topological polar surface area (TPSA) is 15.6 Å². The molecule has 0 radical (unpaired) electrons. The lowest BCUT2D eigenvalue weighted by atomic mass is 10.1. The summed E-state index contributed by atoms with van der Waals surface area (Å²) in [6, 6.07) is 17.3. The summed E-state index contributed by atoms with van der Waals surface area (Å²) in [4.78, 5) is 5.13. The Morgan fingerprint density at radius 3 is 1.93 bits per heavy atom. The minimum Gasteiger partial charge on any atom is -0.308 e. The molecule has 0 amide bonds. The Labute approximate surface area is 167 Å². The summed E-state index contributed by atoms with van der Waals surface area (Å²) in [6.07, 6.45) is 2.03. The standard InChI is InChI=1S/C24H35N2P/c1-8-21-14-10-12-16-23(21)25-20(7)26(27(18(3)4)19(5)6)24-17-13-11-15-22(24)9-2/h10-19H,8-9H2,1-7H3. The number of hydrogen-bond acceptors (Lipinski definition) is 1. The van der Waals surface area contributed by atoms with E-state index in [1.165, 1.54) is 16.8 Å². The van der Waals surface area contributed by atoms with E-state index >= 15 is 0 Å². The van der Waals surface area contributed by atoms with E-state index in [4.69, 9.17) is 4.99 Å². The van der Waals surface area contributed by atoms with Crippen molar-refractivity contribution in [3.8, 4) is 0 Å². The summed E-state index contributed by atoms with van der Waals surface area (Å²) >= 11 is 0. The van der Waals surface area contributed by atoms with E-state index in [1.807, 2.05) is 0 Å². The second kappa shape index (κ2) is 10.0. The predicted molar refractivity (Wildman–Crippen MR) is 124 cm³/mol. The highest BCUT2D eigenvalue weighted by atomic mass is 31.1. The van der Waals surface area contributed by atoms with Crippen molar-refractivity contribution < 1.29 is 0 Å². The van der Waals surface area contributed by atoms with Crippen LogP contribution in [0, 0.1) is 0 Å². The molecular formula is C24H35N2P. The molecule has 0 saturated heterocycles. The van der Waals surface area contributed by atoms with Crippen LogP contribution in [0.2, 0.25) is 0 Å². The highest BCUT2D eigenvalue weighted by molar-refractivity contribution is 7.61. The van der Waals surface area contributed by atoms with Gasteiger partial charge in [0.15, 0.2) is 0 Å². The molecule has 0 atom stereocenters. The molecule has 2 aromatic rings. The first-order valence-electron chi connectivity index (χ1n) is 10.2. The van der Waals surface area contributed by atoms with Gasteiger partial charge in [-0.15, -0.1) is 0 Å².